The van der Waals surface area contributed by atoms with Gasteiger partial charge in [-0.25, -0.2) is 9.36 Å². The van der Waals surface area contributed by atoms with E-state index in [-0.39, 0.29) is 0 Å². The monoisotopic (exact) mass is 197 g/mol. The molecule has 0 aromatic heterocycles. The molecular formula is C5H9O6P. The third kappa shape index (κ3) is 7.43. The number of phosphoric ester groups is 1. The Balaban J connectivity index is 3.76. The number of hydrogen-bond donors (Lipinski definition) is 2. The maximum Gasteiger partial charge on any atom is 0.469 e. The van der Waals surface area contributed by atoms with Crippen molar-refractivity contribution in [1.29, 1.82) is 0 Å². The van der Waals surface area contributed by atoms with E-state index in [0.29, 0.717) is 0 Å². The fourth-order valence-corrected chi connectivity index (χ4v) is 0.547. The van der Waals surface area contributed by atoms with Gasteiger partial charge in [-0.3, -0.25) is 4.52 Å². The molecule has 0 amide bonds. The SMILES string of the molecule is [2H]C(COP(=O)(O)O)OC(=O)C=C. The van der Waals surface area contributed by atoms with Gasteiger partial charge in [0.1, 0.15) is 6.58 Å². The molecule has 0 spiro atoms. The molecule has 0 rings (SSSR count). The van der Waals surface area contributed by atoms with Gasteiger partial charge in [0, 0.05) is 6.08 Å². The minimum absolute atomic E-state index is 0.691. The molecule has 2 N–H and O–H groups in total. The number of carbonyl (C=O) groups excluding carboxylic acids is 1. The predicted molar refractivity (Wildman–Crippen MR) is 39.2 cm³/mol. The second kappa shape index (κ2) is 5.05. The zero-order valence-corrected chi connectivity index (χ0v) is 6.94. The molecule has 0 bridgehead atoms. The van der Waals surface area contributed by atoms with Crippen molar-refractivity contribution in [2.24, 2.45) is 0 Å². The van der Waals surface area contributed by atoms with Crippen LogP contribution in [0.5, 0.6) is 0 Å². The van der Waals surface area contributed by atoms with Crippen molar-refractivity contribution in [3.8, 4) is 0 Å². The molecule has 0 saturated carbocycles. The van der Waals surface area contributed by atoms with Crippen LogP contribution in [-0.4, -0.2) is 28.9 Å². The first kappa shape index (κ1) is 9.41. The summed E-state index contributed by atoms with van der Waals surface area (Å²) >= 11 is 0. The van der Waals surface area contributed by atoms with Crippen molar-refractivity contribution in [1.82, 2.24) is 0 Å². The minimum Gasteiger partial charge on any atom is -0.460 e. The zero-order valence-electron chi connectivity index (χ0n) is 7.04. The highest BCUT2D eigenvalue weighted by molar-refractivity contribution is 7.46. The Bertz CT molecular complexity index is 235. The Morgan fingerprint density at radius 2 is 2.33 bits per heavy atom. The maximum absolute atomic E-state index is 10.4. The maximum atomic E-state index is 10.4. The van der Waals surface area contributed by atoms with Crippen LogP contribution in [0.4, 0.5) is 0 Å². The Kier molecular flexibility index (Phi) is 3.96. The number of carbonyl (C=O) groups is 1. The highest BCUT2D eigenvalue weighted by atomic mass is 31.2. The van der Waals surface area contributed by atoms with Gasteiger partial charge in [-0.1, -0.05) is 6.58 Å². The van der Waals surface area contributed by atoms with Crippen LogP contribution in [0.2, 0.25) is 0 Å². The van der Waals surface area contributed by atoms with Gasteiger partial charge in [0.2, 0.25) is 0 Å². The predicted octanol–water partition coefficient (Wildman–Crippen LogP) is -0.175. The van der Waals surface area contributed by atoms with Crippen LogP contribution >= 0.6 is 7.82 Å². The molecule has 0 heterocycles. The zero-order chi connectivity index (χ0) is 10.5. The molecule has 0 fully saturated rings. The van der Waals surface area contributed by atoms with Crippen molar-refractivity contribution in [3.63, 3.8) is 0 Å². The molecule has 0 aromatic rings. The fourth-order valence-electron chi connectivity index (χ4n) is 0.292. The van der Waals surface area contributed by atoms with E-state index in [9.17, 15) is 9.36 Å². The number of esters is 1. The molecular weight excluding hydrogens is 187 g/mol. The lowest BCUT2D eigenvalue weighted by molar-refractivity contribution is -0.138. The smallest absolute Gasteiger partial charge is 0.460 e. The summed E-state index contributed by atoms with van der Waals surface area (Å²) in [6.07, 6.45) is 0.832. The molecule has 12 heavy (non-hydrogen) atoms. The van der Waals surface area contributed by atoms with Crippen molar-refractivity contribution >= 4 is 13.8 Å². The van der Waals surface area contributed by atoms with Gasteiger partial charge in [-0.15, -0.1) is 0 Å². The first-order valence-corrected chi connectivity index (χ1v) is 4.33. The van der Waals surface area contributed by atoms with Gasteiger partial charge in [-0.05, 0) is 0 Å². The summed E-state index contributed by atoms with van der Waals surface area (Å²) in [7, 11) is -4.61. The molecule has 0 radical (unpaired) electrons. The first-order valence-electron chi connectivity index (χ1n) is 3.38. The second-order valence-electron chi connectivity index (χ2n) is 1.59. The molecule has 0 aromatic carbocycles. The number of hydrogen-bond acceptors (Lipinski definition) is 4. The van der Waals surface area contributed by atoms with Gasteiger partial charge in [-0.2, -0.15) is 0 Å². The van der Waals surface area contributed by atoms with E-state index in [1.165, 1.54) is 0 Å². The second-order valence-corrected chi connectivity index (χ2v) is 2.83. The highest BCUT2D eigenvalue weighted by Crippen LogP contribution is 2.35. The quantitative estimate of drug-likeness (QED) is 0.361. The summed E-state index contributed by atoms with van der Waals surface area (Å²) in [5, 5.41) is 0. The largest absolute Gasteiger partial charge is 0.469 e. The standard InChI is InChI=1S/C5H9O6P/c1-2-5(6)10-3-4-11-12(7,8)9/h2H,1,3-4H2,(H2,7,8,9)/i3D. The molecule has 7 heteroatoms. The number of phosphoric acid groups is 1. The minimum atomic E-state index is -4.61. The summed E-state index contributed by atoms with van der Waals surface area (Å²) < 4.78 is 25.2. The Morgan fingerprint density at radius 1 is 1.75 bits per heavy atom. The molecule has 0 aliphatic rings. The third-order valence-corrected chi connectivity index (χ3v) is 1.16. The van der Waals surface area contributed by atoms with Crippen LogP contribution in [0, 0.1) is 0 Å². The van der Waals surface area contributed by atoms with E-state index in [2.05, 4.69) is 15.8 Å². The summed E-state index contributed by atoms with van der Waals surface area (Å²) in [4.78, 5) is 26.8. The van der Waals surface area contributed by atoms with E-state index in [1.807, 2.05) is 0 Å². The molecule has 70 valence electrons. The molecule has 0 aliphatic heterocycles. The van der Waals surface area contributed by atoms with Crippen molar-refractivity contribution < 1.29 is 29.8 Å². The van der Waals surface area contributed by atoms with E-state index in [1.54, 1.807) is 0 Å². The van der Waals surface area contributed by atoms with Crippen LogP contribution in [0.15, 0.2) is 12.7 Å². The molecule has 0 saturated heterocycles. The van der Waals surface area contributed by atoms with Crippen LogP contribution < -0.4 is 0 Å². The lowest BCUT2D eigenvalue weighted by Crippen LogP contribution is -2.07. The van der Waals surface area contributed by atoms with E-state index >= 15 is 0 Å². The van der Waals surface area contributed by atoms with Crippen LogP contribution in [0.1, 0.15) is 1.37 Å². The van der Waals surface area contributed by atoms with E-state index < -0.39 is 27.0 Å². The lowest BCUT2D eigenvalue weighted by Gasteiger charge is -2.04. The average molecular weight is 197 g/mol. The summed E-state index contributed by atoms with van der Waals surface area (Å²) in [6.45, 7) is 0.906. The Hall–Kier alpha value is -0.680. The Morgan fingerprint density at radius 3 is 2.75 bits per heavy atom. The van der Waals surface area contributed by atoms with Gasteiger partial charge >= 0.3 is 13.8 Å². The third-order valence-electron chi connectivity index (χ3n) is 0.677. The highest BCUT2D eigenvalue weighted by Gasteiger charge is 2.12. The number of ether oxygens (including phenoxy) is 1. The summed E-state index contributed by atoms with van der Waals surface area (Å²) in [6, 6.07) is 0. The molecule has 1 unspecified atom stereocenters. The van der Waals surface area contributed by atoms with Crippen molar-refractivity contribution in [3.05, 3.63) is 12.7 Å². The summed E-state index contributed by atoms with van der Waals surface area (Å²) in [5.74, 6) is -0.852. The van der Waals surface area contributed by atoms with Gasteiger partial charge in [0.05, 0.1) is 7.98 Å². The van der Waals surface area contributed by atoms with E-state index in [0.717, 1.165) is 6.08 Å². The van der Waals surface area contributed by atoms with Crippen molar-refractivity contribution in [2.75, 3.05) is 13.2 Å². The van der Waals surface area contributed by atoms with Gasteiger partial charge < -0.3 is 14.5 Å². The van der Waals surface area contributed by atoms with Crippen LogP contribution in [0.25, 0.3) is 0 Å². The van der Waals surface area contributed by atoms with Gasteiger partial charge in [0.15, 0.2) is 0 Å². The average Bonchev–Trinajstić information content (AvgIpc) is 1.99. The topological polar surface area (TPSA) is 93.1 Å². The molecule has 1 atom stereocenters. The Labute approximate surface area is 70.4 Å². The van der Waals surface area contributed by atoms with Gasteiger partial charge in [0.25, 0.3) is 0 Å². The van der Waals surface area contributed by atoms with E-state index in [4.69, 9.17) is 11.2 Å². The normalized spacial score (nSPS) is 14.7. The summed E-state index contributed by atoms with van der Waals surface area (Å²) in [5.41, 5.74) is 0. The first-order chi connectivity index (χ1) is 5.85. The van der Waals surface area contributed by atoms with Crippen LogP contribution in [-0.2, 0) is 18.6 Å². The molecule has 0 aliphatic carbocycles. The molecule has 6 nitrogen and oxygen atoms in total. The van der Waals surface area contributed by atoms with Crippen LogP contribution in [0.3, 0.4) is 0 Å². The lowest BCUT2D eigenvalue weighted by atomic mass is 10.6. The van der Waals surface area contributed by atoms with Crippen molar-refractivity contribution in [2.45, 2.75) is 0 Å². The fraction of sp³-hybridized carbons (Fsp3) is 0.400. The number of rotatable bonds is 5.